The number of aryl methyl sites for hydroxylation is 1. The Balaban J connectivity index is 1.34. The van der Waals surface area contributed by atoms with Crippen LogP contribution in [0.1, 0.15) is 42.5 Å². The minimum Gasteiger partial charge on any atom is -0.248 e. The number of allylic oxidation sites excluding steroid dienone is 2. The molecule has 0 spiro atoms. The van der Waals surface area contributed by atoms with Gasteiger partial charge in [0, 0.05) is 5.56 Å². The molecule has 0 amide bonds. The molecule has 0 saturated carbocycles. The lowest BCUT2D eigenvalue weighted by Crippen LogP contribution is -2.07. The van der Waals surface area contributed by atoms with E-state index in [4.69, 9.17) is 4.99 Å². The summed E-state index contributed by atoms with van der Waals surface area (Å²) in [7, 11) is 0. The third-order valence-corrected chi connectivity index (χ3v) is 9.17. The van der Waals surface area contributed by atoms with Gasteiger partial charge in [-0.05, 0) is 92.1 Å². The molecule has 0 bridgehead atoms. The van der Waals surface area contributed by atoms with Crippen LogP contribution in [0.3, 0.4) is 0 Å². The monoisotopic (exact) mass is 591 g/mol. The van der Waals surface area contributed by atoms with Crippen molar-refractivity contribution in [2.24, 2.45) is 4.99 Å². The molecule has 0 aliphatic heterocycles. The van der Waals surface area contributed by atoms with Crippen molar-refractivity contribution in [2.45, 2.75) is 27.2 Å². The first-order valence-electron chi connectivity index (χ1n) is 16.1. The van der Waals surface area contributed by atoms with E-state index in [1.807, 2.05) is 0 Å². The van der Waals surface area contributed by atoms with E-state index in [-0.39, 0.29) is 0 Å². The molecular formula is C45H37N. The zero-order chi connectivity index (χ0) is 31.6. The summed E-state index contributed by atoms with van der Waals surface area (Å²) in [6.45, 7) is 11.0. The van der Waals surface area contributed by atoms with Crippen molar-refractivity contribution in [1.29, 1.82) is 0 Å². The van der Waals surface area contributed by atoms with Crippen LogP contribution in [0.5, 0.6) is 0 Å². The van der Waals surface area contributed by atoms with Gasteiger partial charge in [0.15, 0.2) is 0 Å². The van der Waals surface area contributed by atoms with Crippen molar-refractivity contribution in [1.82, 2.24) is 0 Å². The van der Waals surface area contributed by atoms with Crippen LogP contribution in [0.4, 0.5) is 0 Å². The molecule has 7 aromatic carbocycles. The summed E-state index contributed by atoms with van der Waals surface area (Å²) in [6.07, 6.45) is 0.843. The van der Waals surface area contributed by atoms with Gasteiger partial charge in [-0.1, -0.05) is 159 Å². The van der Waals surface area contributed by atoms with Gasteiger partial charge >= 0.3 is 0 Å². The SMILES string of the molecule is C=C(/N=C(\C(CC)=C(/C)c1ccc2c3ccccc3c3ccccc3c2c1)c1ccccc1)c1ccc(-c2ccc(C)cc2)cc1. The zero-order valence-corrected chi connectivity index (χ0v) is 26.7. The fourth-order valence-electron chi connectivity index (χ4n) is 6.63. The normalized spacial score (nSPS) is 12.5. The second-order valence-electron chi connectivity index (χ2n) is 12.0. The standard InChI is InChI=1S/C45H37N/c1-5-38(31(3)37-27-28-43-41-17-10-9-15-39(41)40-16-11-12-18-42(40)44(43)29-37)45(36-13-7-6-8-14-36)46-32(4)33-23-25-35(26-24-33)34-21-19-30(2)20-22-34/h6-29H,4-5H2,1-3H3/b38-31+,46-45-. The maximum atomic E-state index is 5.27. The first-order chi connectivity index (χ1) is 22.5. The topological polar surface area (TPSA) is 12.4 Å². The van der Waals surface area contributed by atoms with Crippen molar-refractivity contribution in [3.63, 3.8) is 0 Å². The van der Waals surface area contributed by atoms with Crippen LogP contribution in [-0.4, -0.2) is 5.71 Å². The molecule has 7 aromatic rings. The fourth-order valence-corrected chi connectivity index (χ4v) is 6.63. The third kappa shape index (κ3) is 5.46. The van der Waals surface area contributed by atoms with Crippen LogP contribution in [0, 0.1) is 6.92 Å². The fraction of sp³-hybridized carbons (Fsp3) is 0.0889. The highest BCUT2D eigenvalue weighted by Gasteiger charge is 2.16. The van der Waals surface area contributed by atoms with E-state index in [2.05, 4.69) is 173 Å². The molecule has 0 aliphatic rings. The van der Waals surface area contributed by atoms with Gasteiger partial charge in [0.05, 0.1) is 11.4 Å². The summed E-state index contributed by atoms with van der Waals surface area (Å²) in [5.74, 6) is 0. The second kappa shape index (κ2) is 12.5. The highest BCUT2D eigenvalue weighted by molar-refractivity contribution is 6.26. The van der Waals surface area contributed by atoms with Crippen LogP contribution >= 0.6 is 0 Å². The van der Waals surface area contributed by atoms with Crippen LogP contribution in [-0.2, 0) is 0 Å². The van der Waals surface area contributed by atoms with E-state index in [9.17, 15) is 0 Å². The van der Waals surface area contributed by atoms with Gasteiger partial charge in [0.2, 0.25) is 0 Å². The molecule has 1 heteroatoms. The Bertz CT molecular complexity index is 2250. The number of fused-ring (bicyclic) bond motifs is 6. The van der Waals surface area contributed by atoms with E-state index in [1.54, 1.807) is 0 Å². The summed E-state index contributed by atoms with van der Waals surface area (Å²) in [4.78, 5) is 5.27. The first kappa shape index (κ1) is 29.2. The molecule has 0 fully saturated rings. The van der Waals surface area contributed by atoms with E-state index < -0.39 is 0 Å². The summed E-state index contributed by atoms with van der Waals surface area (Å²) in [5, 5.41) is 7.71. The molecule has 0 aromatic heterocycles. The second-order valence-corrected chi connectivity index (χ2v) is 12.0. The predicted molar refractivity (Wildman–Crippen MR) is 200 cm³/mol. The van der Waals surface area contributed by atoms with E-state index in [0.29, 0.717) is 0 Å². The molecule has 0 saturated heterocycles. The molecule has 0 N–H and O–H groups in total. The number of nitrogens with zero attached hydrogens (tertiary/aromatic N) is 1. The molecule has 7 rings (SSSR count). The lowest BCUT2D eigenvalue weighted by Gasteiger charge is -2.17. The molecule has 1 nitrogen and oxygen atoms in total. The third-order valence-electron chi connectivity index (χ3n) is 9.17. The predicted octanol–water partition coefficient (Wildman–Crippen LogP) is 12.5. The molecule has 0 atom stereocenters. The van der Waals surface area contributed by atoms with Gasteiger partial charge in [-0.15, -0.1) is 0 Å². The van der Waals surface area contributed by atoms with Gasteiger partial charge in [-0.25, -0.2) is 4.99 Å². The molecule has 0 heterocycles. The van der Waals surface area contributed by atoms with Crippen molar-refractivity contribution < 1.29 is 0 Å². The van der Waals surface area contributed by atoms with Crippen LogP contribution in [0.2, 0.25) is 0 Å². The molecule has 0 unspecified atom stereocenters. The van der Waals surface area contributed by atoms with Crippen LogP contribution < -0.4 is 0 Å². The van der Waals surface area contributed by atoms with Gasteiger partial charge in [-0.2, -0.15) is 0 Å². The average Bonchev–Trinajstić information content (AvgIpc) is 3.12. The molecule has 46 heavy (non-hydrogen) atoms. The summed E-state index contributed by atoms with van der Waals surface area (Å²) in [6, 6.07) is 52.2. The highest BCUT2D eigenvalue weighted by atomic mass is 14.8. The number of hydrogen-bond acceptors (Lipinski definition) is 1. The largest absolute Gasteiger partial charge is 0.248 e. The van der Waals surface area contributed by atoms with Crippen molar-refractivity contribution in [3.05, 3.63) is 180 Å². The molecular weight excluding hydrogens is 555 g/mol. The highest BCUT2D eigenvalue weighted by Crippen LogP contribution is 2.37. The van der Waals surface area contributed by atoms with Gasteiger partial charge in [0.25, 0.3) is 0 Å². The summed E-state index contributed by atoms with van der Waals surface area (Å²) in [5.41, 5.74) is 11.1. The number of aliphatic imine (C=N–C) groups is 1. The minimum atomic E-state index is 0.754. The number of benzene rings is 7. The van der Waals surface area contributed by atoms with E-state index in [0.717, 1.165) is 29.0 Å². The number of rotatable bonds is 7. The van der Waals surface area contributed by atoms with E-state index in [1.165, 1.54) is 65.7 Å². The summed E-state index contributed by atoms with van der Waals surface area (Å²) >= 11 is 0. The van der Waals surface area contributed by atoms with Crippen LogP contribution in [0.25, 0.3) is 54.7 Å². The Morgan fingerprint density at radius 3 is 1.57 bits per heavy atom. The zero-order valence-electron chi connectivity index (χ0n) is 26.7. The van der Waals surface area contributed by atoms with Gasteiger partial charge < -0.3 is 0 Å². The Kier molecular flexibility index (Phi) is 7.91. The maximum Gasteiger partial charge on any atom is 0.0743 e. The van der Waals surface area contributed by atoms with Crippen LogP contribution in [0.15, 0.2) is 163 Å². The average molecular weight is 592 g/mol. The maximum absolute atomic E-state index is 5.27. The first-order valence-corrected chi connectivity index (χ1v) is 16.1. The lowest BCUT2D eigenvalue weighted by molar-refractivity contribution is 1.16. The Labute approximate surface area is 271 Å². The quantitative estimate of drug-likeness (QED) is 0.129. The van der Waals surface area contributed by atoms with E-state index >= 15 is 0 Å². The Morgan fingerprint density at radius 1 is 0.522 bits per heavy atom. The van der Waals surface area contributed by atoms with Gasteiger partial charge in [-0.3, -0.25) is 0 Å². The van der Waals surface area contributed by atoms with Gasteiger partial charge in [0.1, 0.15) is 0 Å². The smallest absolute Gasteiger partial charge is 0.0743 e. The number of hydrogen-bond donors (Lipinski definition) is 0. The Hall–Kier alpha value is -5.53. The molecule has 0 aliphatic carbocycles. The lowest BCUT2D eigenvalue weighted by atomic mass is 9.89. The molecule has 0 radical (unpaired) electrons. The van der Waals surface area contributed by atoms with Crippen molar-refractivity contribution >= 4 is 49.3 Å². The van der Waals surface area contributed by atoms with Crippen molar-refractivity contribution in [3.8, 4) is 11.1 Å². The molecule has 222 valence electrons. The Morgan fingerprint density at radius 2 is 1.00 bits per heavy atom. The summed E-state index contributed by atoms with van der Waals surface area (Å²) < 4.78 is 0. The minimum absolute atomic E-state index is 0.754. The van der Waals surface area contributed by atoms with Crippen molar-refractivity contribution in [2.75, 3.05) is 0 Å².